The average molecular weight is 267 g/mol. The van der Waals surface area contributed by atoms with Crippen LogP contribution in [0.25, 0.3) is 0 Å². The van der Waals surface area contributed by atoms with Crippen LogP contribution in [0.3, 0.4) is 0 Å². The van der Waals surface area contributed by atoms with E-state index in [0.29, 0.717) is 0 Å². The predicted molar refractivity (Wildman–Crippen MR) is 65.5 cm³/mol. The molecule has 2 aromatic rings. The minimum absolute atomic E-state index is 0.0741. The molecule has 0 aliphatic carbocycles. The Morgan fingerprint density at radius 3 is 1.79 bits per heavy atom. The zero-order valence-corrected chi connectivity index (χ0v) is 9.89. The molecule has 0 fully saturated rings. The Bertz CT molecular complexity index is 525. The van der Waals surface area contributed by atoms with E-state index < -0.39 is 12.7 Å². The highest BCUT2D eigenvalue weighted by molar-refractivity contribution is 5.35. The van der Waals surface area contributed by atoms with Crippen molar-refractivity contribution < 1.29 is 17.9 Å². The average Bonchev–Trinajstić information content (AvgIpc) is 2.39. The van der Waals surface area contributed by atoms with Crippen molar-refractivity contribution in [3.05, 3.63) is 65.5 Å². The number of ether oxygens (including phenoxy) is 1. The number of hydrogen-bond acceptors (Lipinski definition) is 2. The molecule has 0 aliphatic rings. The molecule has 19 heavy (non-hydrogen) atoms. The van der Waals surface area contributed by atoms with Crippen molar-refractivity contribution in [2.24, 2.45) is 5.73 Å². The van der Waals surface area contributed by atoms with Crippen molar-refractivity contribution in [2.45, 2.75) is 12.7 Å². The van der Waals surface area contributed by atoms with Gasteiger partial charge in [0, 0.05) is 0 Å². The summed E-state index contributed by atoms with van der Waals surface area (Å²) in [6, 6.07) is 11.4. The molecule has 100 valence electrons. The summed E-state index contributed by atoms with van der Waals surface area (Å²) in [5.74, 6) is -0.262. The topological polar surface area (TPSA) is 35.2 Å². The Morgan fingerprint density at radius 2 is 1.32 bits per heavy atom. The van der Waals surface area contributed by atoms with E-state index in [4.69, 9.17) is 5.73 Å². The fraction of sp³-hybridized carbons (Fsp3) is 0.143. The maximum absolute atomic E-state index is 12.8. The van der Waals surface area contributed by atoms with Crippen molar-refractivity contribution in [1.29, 1.82) is 0 Å². The highest BCUT2D eigenvalue weighted by atomic mass is 19.3. The lowest BCUT2D eigenvalue weighted by Gasteiger charge is -2.13. The molecule has 0 aromatic heterocycles. The summed E-state index contributed by atoms with van der Waals surface area (Å²) in [6.45, 7) is -2.85. The number of benzene rings is 2. The number of halogens is 3. The van der Waals surface area contributed by atoms with Gasteiger partial charge in [-0.3, -0.25) is 0 Å². The van der Waals surface area contributed by atoms with Gasteiger partial charge in [0.15, 0.2) is 0 Å². The molecular weight excluding hydrogens is 255 g/mol. The van der Waals surface area contributed by atoms with Crippen LogP contribution in [-0.2, 0) is 0 Å². The van der Waals surface area contributed by atoms with Crippen molar-refractivity contribution in [2.75, 3.05) is 0 Å². The number of rotatable bonds is 4. The molecule has 5 heteroatoms. The molecule has 0 saturated carbocycles. The smallest absolute Gasteiger partial charge is 0.387 e. The summed E-state index contributed by atoms with van der Waals surface area (Å²) in [5, 5.41) is 0. The van der Waals surface area contributed by atoms with Gasteiger partial charge in [-0.2, -0.15) is 8.78 Å². The first-order chi connectivity index (χ1) is 9.06. The quantitative estimate of drug-likeness (QED) is 0.920. The molecule has 2 N–H and O–H groups in total. The van der Waals surface area contributed by atoms with Gasteiger partial charge in [0.2, 0.25) is 0 Å². The Hall–Kier alpha value is -2.01. The van der Waals surface area contributed by atoms with E-state index in [9.17, 15) is 13.2 Å². The fourth-order valence-corrected chi connectivity index (χ4v) is 1.72. The van der Waals surface area contributed by atoms with E-state index in [-0.39, 0.29) is 11.6 Å². The van der Waals surface area contributed by atoms with E-state index >= 15 is 0 Å². The lowest BCUT2D eigenvalue weighted by Crippen LogP contribution is -2.11. The molecule has 1 atom stereocenters. The van der Waals surface area contributed by atoms with Gasteiger partial charge in [0.05, 0.1) is 6.04 Å². The van der Waals surface area contributed by atoms with Crippen LogP contribution in [0.15, 0.2) is 48.5 Å². The lowest BCUT2D eigenvalue weighted by atomic mass is 10.00. The normalized spacial score (nSPS) is 12.5. The summed E-state index contributed by atoms with van der Waals surface area (Å²) in [5.41, 5.74) is 7.48. The minimum atomic E-state index is -2.85. The van der Waals surface area contributed by atoms with Crippen LogP contribution in [0.5, 0.6) is 5.75 Å². The molecule has 0 saturated heterocycles. The second-order valence-corrected chi connectivity index (χ2v) is 3.98. The van der Waals surface area contributed by atoms with Gasteiger partial charge >= 0.3 is 6.61 Å². The molecule has 2 aromatic carbocycles. The summed E-state index contributed by atoms with van der Waals surface area (Å²) in [4.78, 5) is 0. The predicted octanol–water partition coefficient (Wildman–Crippen LogP) is 3.48. The molecular formula is C14H12F3NO. The van der Waals surface area contributed by atoms with Gasteiger partial charge < -0.3 is 10.5 Å². The fourth-order valence-electron chi connectivity index (χ4n) is 1.72. The first kappa shape index (κ1) is 13.4. The van der Waals surface area contributed by atoms with Gasteiger partial charge in [-0.25, -0.2) is 4.39 Å². The van der Waals surface area contributed by atoms with Crippen molar-refractivity contribution in [3.63, 3.8) is 0 Å². The highest BCUT2D eigenvalue weighted by Crippen LogP contribution is 2.23. The molecule has 0 radical (unpaired) electrons. The summed E-state index contributed by atoms with van der Waals surface area (Å²) < 4.78 is 41.0. The van der Waals surface area contributed by atoms with Crippen molar-refractivity contribution in [3.8, 4) is 5.75 Å². The van der Waals surface area contributed by atoms with Crippen molar-refractivity contribution >= 4 is 0 Å². The van der Waals surface area contributed by atoms with E-state index in [2.05, 4.69) is 4.74 Å². The largest absolute Gasteiger partial charge is 0.435 e. The van der Waals surface area contributed by atoms with Gasteiger partial charge in [-0.1, -0.05) is 24.3 Å². The van der Waals surface area contributed by atoms with Crippen LogP contribution in [0.4, 0.5) is 13.2 Å². The third-order valence-electron chi connectivity index (χ3n) is 2.69. The van der Waals surface area contributed by atoms with Crippen molar-refractivity contribution in [1.82, 2.24) is 0 Å². The SMILES string of the molecule is NC(c1ccc(F)cc1)c1ccc(OC(F)F)cc1. The molecule has 0 aliphatic heterocycles. The standard InChI is InChI=1S/C14H12F3NO/c15-11-5-1-9(2-6-11)13(18)10-3-7-12(8-4-10)19-14(16)17/h1-8,13-14H,18H2. The Morgan fingerprint density at radius 1 is 0.842 bits per heavy atom. The molecule has 1 unspecified atom stereocenters. The summed E-state index contributed by atoms with van der Waals surface area (Å²) in [6.07, 6.45) is 0. The van der Waals surface area contributed by atoms with Crippen LogP contribution in [0.2, 0.25) is 0 Å². The molecule has 2 rings (SSSR count). The molecule has 2 nitrogen and oxygen atoms in total. The third kappa shape index (κ3) is 3.48. The lowest BCUT2D eigenvalue weighted by molar-refractivity contribution is -0.0498. The minimum Gasteiger partial charge on any atom is -0.435 e. The molecule has 0 bridgehead atoms. The number of hydrogen-bond donors (Lipinski definition) is 1. The van der Waals surface area contributed by atoms with E-state index in [0.717, 1.165) is 11.1 Å². The monoisotopic (exact) mass is 267 g/mol. The Balaban J connectivity index is 2.15. The van der Waals surface area contributed by atoms with Gasteiger partial charge in [0.1, 0.15) is 11.6 Å². The van der Waals surface area contributed by atoms with Crippen LogP contribution in [0.1, 0.15) is 17.2 Å². The summed E-state index contributed by atoms with van der Waals surface area (Å²) >= 11 is 0. The highest BCUT2D eigenvalue weighted by Gasteiger charge is 2.10. The molecule has 0 heterocycles. The first-order valence-electron chi connectivity index (χ1n) is 5.62. The van der Waals surface area contributed by atoms with E-state index in [1.165, 1.54) is 24.3 Å². The number of alkyl halides is 2. The molecule has 0 amide bonds. The van der Waals surface area contributed by atoms with Crippen LogP contribution < -0.4 is 10.5 Å². The summed E-state index contributed by atoms with van der Waals surface area (Å²) in [7, 11) is 0. The Labute approximate surface area is 108 Å². The third-order valence-corrected chi connectivity index (χ3v) is 2.69. The maximum Gasteiger partial charge on any atom is 0.387 e. The van der Waals surface area contributed by atoms with Gasteiger partial charge in [0.25, 0.3) is 0 Å². The van der Waals surface area contributed by atoms with Crippen LogP contribution in [0, 0.1) is 5.82 Å². The zero-order valence-electron chi connectivity index (χ0n) is 9.89. The zero-order chi connectivity index (χ0) is 13.8. The van der Waals surface area contributed by atoms with Gasteiger partial charge in [-0.15, -0.1) is 0 Å². The number of nitrogens with two attached hydrogens (primary N) is 1. The van der Waals surface area contributed by atoms with Crippen LogP contribution in [-0.4, -0.2) is 6.61 Å². The van der Waals surface area contributed by atoms with Crippen LogP contribution >= 0.6 is 0 Å². The van der Waals surface area contributed by atoms with E-state index in [1.807, 2.05) is 0 Å². The van der Waals surface area contributed by atoms with E-state index in [1.54, 1.807) is 24.3 Å². The Kier molecular flexibility index (Phi) is 4.06. The second kappa shape index (κ2) is 5.75. The molecule has 0 spiro atoms. The first-order valence-corrected chi connectivity index (χ1v) is 5.62. The second-order valence-electron chi connectivity index (χ2n) is 3.98. The van der Waals surface area contributed by atoms with Gasteiger partial charge in [-0.05, 0) is 35.4 Å². The maximum atomic E-state index is 12.8.